The summed E-state index contributed by atoms with van der Waals surface area (Å²) in [5, 5.41) is 9.62. The number of halogens is 1. The lowest BCUT2D eigenvalue weighted by molar-refractivity contribution is 0.0744. The highest BCUT2D eigenvalue weighted by molar-refractivity contribution is 5.94. The molecule has 1 N–H and O–H groups in total. The normalized spacial score (nSPS) is 11.5. The molecule has 0 atom stereocenters. The van der Waals surface area contributed by atoms with Crippen LogP contribution >= 0.6 is 0 Å². The minimum Gasteiger partial charge on any atom is -0.386 e. The first-order chi connectivity index (χ1) is 6.32. The highest BCUT2D eigenvalue weighted by Crippen LogP contribution is 2.23. The molecule has 0 bridgehead atoms. The third kappa shape index (κ3) is 2.17. The summed E-state index contributed by atoms with van der Waals surface area (Å²) in [6.45, 7) is 4.37. The van der Waals surface area contributed by atoms with Crippen molar-refractivity contribution >= 4 is 5.78 Å². The van der Waals surface area contributed by atoms with Crippen LogP contribution in [-0.4, -0.2) is 10.9 Å². The summed E-state index contributed by atoms with van der Waals surface area (Å²) in [5.41, 5.74) is -0.719. The zero-order valence-electron chi connectivity index (χ0n) is 8.47. The van der Waals surface area contributed by atoms with Crippen molar-refractivity contribution in [3.8, 4) is 0 Å². The van der Waals surface area contributed by atoms with Crippen LogP contribution in [0.15, 0.2) is 18.2 Å². The Hall–Kier alpha value is -1.22. The van der Waals surface area contributed by atoms with Gasteiger partial charge in [-0.15, -0.1) is 0 Å². The van der Waals surface area contributed by atoms with Gasteiger partial charge in [-0.2, -0.15) is 0 Å². The summed E-state index contributed by atoms with van der Waals surface area (Å²) in [7, 11) is 0. The van der Waals surface area contributed by atoms with Crippen LogP contribution in [0.2, 0.25) is 0 Å². The molecule has 76 valence electrons. The Morgan fingerprint density at radius 3 is 2.43 bits per heavy atom. The van der Waals surface area contributed by atoms with Crippen molar-refractivity contribution in [2.45, 2.75) is 26.4 Å². The standard InChI is InChI=1S/C11H13FO2/c1-7(13)8-4-5-10(12)9(6-8)11(2,3)14/h4-6,14H,1-3H3. The van der Waals surface area contributed by atoms with E-state index in [0.717, 1.165) is 0 Å². The summed E-state index contributed by atoms with van der Waals surface area (Å²) in [4.78, 5) is 11.0. The molecule has 0 aliphatic rings. The van der Waals surface area contributed by atoms with E-state index in [1.54, 1.807) is 0 Å². The zero-order chi connectivity index (χ0) is 10.9. The lowest BCUT2D eigenvalue weighted by atomic mass is 9.95. The number of benzene rings is 1. The van der Waals surface area contributed by atoms with Gasteiger partial charge in [-0.1, -0.05) is 0 Å². The van der Waals surface area contributed by atoms with Gasteiger partial charge in [0.2, 0.25) is 0 Å². The van der Waals surface area contributed by atoms with Gasteiger partial charge in [-0.3, -0.25) is 4.79 Å². The molecule has 0 fully saturated rings. The van der Waals surface area contributed by atoms with Crippen LogP contribution in [0.25, 0.3) is 0 Å². The summed E-state index contributed by atoms with van der Waals surface area (Å²) in [5.74, 6) is -0.641. The van der Waals surface area contributed by atoms with Crippen molar-refractivity contribution in [3.05, 3.63) is 35.1 Å². The number of ketones is 1. The van der Waals surface area contributed by atoms with E-state index in [-0.39, 0.29) is 11.3 Å². The SMILES string of the molecule is CC(=O)c1ccc(F)c(C(C)(C)O)c1. The fraction of sp³-hybridized carbons (Fsp3) is 0.364. The molecule has 2 nitrogen and oxygen atoms in total. The van der Waals surface area contributed by atoms with Crippen molar-refractivity contribution < 1.29 is 14.3 Å². The molecular formula is C11H13FO2. The third-order valence-corrected chi connectivity index (χ3v) is 2.03. The van der Waals surface area contributed by atoms with E-state index in [0.29, 0.717) is 5.56 Å². The number of Topliss-reactive ketones (excluding diaryl/α,β-unsaturated/α-hetero) is 1. The van der Waals surface area contributed by atoms with Crippen LogP contribution in [0.1, 0.15) is 36.7 Å². The van der Waals surface area contributed by atoms with E-state index >= 15 is 0 Å². The maximum absolute atomic E-state index is 13.3. The van der Waals surface area contributed by atoms with Gasteiger partial charge >= 0.3 is 0 Å². The molecule has 0 saturated heterocycles. The number of hydrogen-bond donors (Lipinski definition) is 1. The maximum Gasteiger partial charge on any atom is 0.159 e. The van der Waals surface area contributed by atoms with E-state index in [2.05, 4.69) is 0 Å². The summed E-state index contributed by atoms with van der Waals surface area (Å²) in [6, 6.07) is 3.99. The topological polar surface area (TPSA) is 37.3 Å². The number of carbonyl (C=O) groups is 1. The Labute approximate surface area is 82.4 Å². The summed E-state index contributed by atoms with van der Waals surface area (Å²) in [6.07, 6.45) is 0. The first-order valence-corrected chi connectivity index (χ1v) is 4.35. The molecule has 0 saturated carbocycles. The average molecular weight is 196 g/mol. The molecule has 0 aliphatic heterocycles. The van der Waals surface area contributed by atoms with Crippen LogP contribution in [0.5, 0.6) is 0 Å². The summed E-state index contributed by atoms with van der Waals surface area (Å²) < 4.78 is 13.3. The van der Waals surface area contributed by atoms with E-state index in [4.69, 9.17) is 0 Å². The molecule has 0 spiro atoms. The predicted molar refractivity (Wildman–Crippen MR) is 51.6 cm³/mol. The van der Waals surface area contributed by atoms with Gasteiger partial charge in [-0.25, -0.2) is 4.39 Å². The molecule has 0 radical (unpaired) electrons. The molecule has 0 aromatic heterocycles. The van der Waals surface area contributed by atoms with Gasteiger partial charge in [0, 0.05) is 11.1 Å². The second-order valence-electron chi connectivity index (χ2n) is 3.81. The fourth-order valence-corrected chi connectivity index (χ4v) is 1.21. The highest BCUT2D eigenvalue weighted by Gasteiger charge is 2.21. The van der Waals surface area contributed by atoms with Gasteiger partial charge in [0.1, 0.15) is 5.82 Å². The van der Waals surface area contributed by atoms with Crippen LogP contribution in [-0.2, 0) is 5.60 Å². The molecule has 0 amide bonds. The highest BCUT2D eigenvalue weighted by atomic mass is 19.1. The average Bonchev–Trinajstić information content (AvgIpc) is 2.02. The molecule has 1 aromatic carbocycles. The van der Waals surface area contributed by atoms with Gasteiger partial charge in [0.05, 0.1) is 5.60 Å². The molecule has 0 aliphatic carbocycles. The molecule has 1 aromatic rings. The largest absolute Gasteiger partial charge is 0.386 e. The Bertz CT molecular complexity index is 364. The van der Waals surface area contributed by atoms with Crippen LogP contribution in [0.4, 0.5) is 4.39 Å². The van der Waals surface area contributed by atoms with E-state index in [9.17, 15) is 14.3 Å². The monoisotopic (exact) mass is 196 g/mol. The molecule has 3 heteroatoms. The minimum absolute atomic E-state index is 0.143. The second kappa shape index (κ2) is 3.50. The van der Waals surface area contributed by atoms with E-state index < -0.39 is 11.4 Å². The summed E-state index contributed by atoms with van der Waals surface area (Å²) >= 11 is 0. The Morgan fingerprint density at radius 1 is 1.43 bits per heavy atom. The van der Waals surface area contributed by atoms with Crippen molar-refractivity contribution in [1.29, 1.82) is 0 Å². The number of aliphatic hydroxyl groups is 1. The molecular weight excluding hydrogens is 183 g/mol. The first-order valence-electron chi connectivity index (χ1n) is 4.35. The van der Waals surface area contributed by atoms with Crippen LogP contribution in [0.3, 0.4) is 0 Å². The van der Waals surface area contributed by atoms with Crippen molar-refractivity contribution in [3.63, 3.8) is 0 Å². The quantitative estimate of drug-likeness (QED) is 0.736. The third-order valence-electron chi connectivity index (χ3n) is 2.03. The zero-order valence-corrected chi connectivity index (χ0v) is 8.47. The van der Waals surface area contributed by atoms with Crippen molar-refractivity contribution in [2.24, 2.45) is 0 Å². The maximum atomic E-state index is 13.3. The van der Waals surface area contributed by atoms with E-state index in [1.807, 2.05) is 0 Å². The van der Waals surface area contributed by atoms with Gasteiger partial charge in [0.15, 0.2) is 5.78 Å². The second-order valence-corrected chi connectivity index (χ2v) is 3.81. The van der Waals surface area contributed by atoms with Crippen molar-refractivity contribution in [1.82, 2.24) is 0 Å². The van der Waals surface area contributed by atoms with Crippen LogP contribution in [0, 0.1) is 5.82 Å². The predicted octanol–water partition coefficient (Wildman–Crippen LogP) is 2.26. The number of carbonyl (C=O) groups excluding carboxylic acids is 1. The number of hydrogen-bond acceptors (Lipinski definition) is 2. The number of rotatable bonds is 2. The van der Waals surface area contributed by atoms with Gasteiger partial charge in [0.25, 0.3) is 0 Å². The van der Waals surface area contributed by atoms with E-state index in [1.165, 1.54) is 39.0 Å². The molecule has 14 heavy (non-hydrogen) atoms. The molecule has 0 heterocycles. The van der Waals surface area contributed by atoms with Gasteiger partial charge < -0.3 is 5.11 Å². The molecule has 0 unspecified atom stereocenters. The Balaban J connectivity index is 3.29. The van der Waals surface area contributed by atoms with Crippen molar-refractivity contribution in [2.75, 3.05) is 0 Å². The lowest BCUT2D eigenvalue weighted by Crippen LogP contribution is -2.18. The van der Waals surface area contributed by atoms with Gasteiger partial charge in [-0.05, 0) is 39.0 Å². The van der Waals surface area contributed by atoms with Crippen LogP contribution < -0.4 is 0 Å². The lowest BCUT2D eigenvalue weighted by Gasteiger charge is -2.18. The fourth-order valence-electron chi connectivity index (χ4n) is 1.21. The minimum atomic E-state index is -1.27. The Morgan fingerprint density at radius 2 is 2.00 bits per heavy atom. The molecule has 1 rings (SSSR count). The smallest absolute Gasteiger partial charge is 0.159 e. The first kappa shape index (κ1) is 10.9. The Kier molecular flexibility index (Phi) is 2.71.